The lowest BCUT2D eigenvalue weighted by molar-refractivity contribution is -0.125. The molecule has 0 radical (unpaired) electrons. The van der Waals surface area contributed by atoms with Crippen LogP contribution in [0.4, 0.5) is 0 Å². The molecule has 104 valence electrons. The highest BCUT2D eigenvalue weighted by Gasteiger charge is 2.28. The van der Waals surface area contributed by atoms with E-state index in [0.717, 1.165) is 25.2 Å². The van der Waals surface area contributed by atoms with Gasteiger partial charge in [-0.3, -0.25) is 9.69 Å². The predicted octanol–water partition coefficient (Wildman–Crippen LogP) is 2.35. The summed E-state index contributed by atoms with van der Waals surface area (Å²) in [6.45, 7) is 2.66. The molecule has 0 aliphatic carbocycles. The molecule has 0 aromatic heterocycles. The number of hydrogen-bond donors (Lipinski definition) is 0. The molecule has 1 aliphatic rings. The lowest BCUT2D eigenvalue weighted by atomic mass is 10.0. The number of carbonyl (C=O) groups excluding carboxylic acids is 1. The van der Waals surface area contributed by atoms with Crippen LogP contribution < -0.4 is 0 Å². The molecule has 1 heterocycles. The van der Waals surface area contributed by atoms with Gasteiger partial charge in [-0.2, -0.15) is 0 Å². The van der Waals surface area contributed by atoms with Crippen LogP contribution in [0.5, 0.6) is 0 Å². The average molecular weight is 301 g/mol. The Kier molecular flexibility index (Phi) is 4.85. The average Bonchev–Trinajstić information content (AvgIpc) is 2.37. The fourth-order valence-electron chi connectivity index (χ4n) is 2.35. The van der Waals surface area contributed by atoms with E-state index in [4.69, 9.17) is 23.2 Å². The zero-order valence-electron chi connectivity index (χ0n) is 11.2. The van der Waals surface area contributed by atoms with E-state index >= 15 is 0 Å². The second kappa shape index (κ2) is 6.23. The van der Waals surface area contributed by atoms with Crippen LogP contribution in [0.15, 0.2) is 18.2 Å². The Morgan fingerprint density at radius 3 is 2.53 bits per heavy atom. The van der Waals surface area contributed by atoms with E-state index in [2.05, 4.69) is 9.80 Å². The summed E-state index contributed by atoms with van der Waals surface area (Å²) in [4.78, 5) is 16.7. The summed E-state index contributed by atoms with van der Waals surface area (Å²) in [5.74, 6) is 0.170. The highest BCUT2D eigenvalue weighted by atomic mass is 35.5. The highest BCUT2D eigenvalue weighted by molar-refractivity contribution is 6.36. The molecule has 0 saturated carbocycles. The van der Waals surface area contributed by atoms with Gasteiger partial charge in [-0.25, -0.2) is 0 Å². The van der Waals surface area contributed by atoms with Gasteiger partial charge in [0, 0.05) is 36.1 Å². The van der Waals surface area contributed by atoms with E-state index in [1.54, 1.807) is 18.2 Å². The van der Waals surface area contributed by atoms with E-state index in [1.165, 1.54) is 0 Å². The van der Waals surface area contributed by atoms with Gasteiger partial charge >= 0.3 is 0 Å². The molecule has 19 heavy (non-hydrogen) atoms. The summed E-state index contributed by atoms with van der Waals surface area (Å²) in [5.41, 5.74) is 0.734. The summed E-state index contributed by atoms with van der Waals surface area (Å²) >= 11 is 12.2. The third-order valence-electron chi connectivity index (χ3n) is 3.64. The van der Waals surface area contributed by atoms with E-state index in [9.17, 15) is 4.79 Å². The summed E-state index contributed by atoms with van der Waals surface area (Å²) in [6, 6.07) is 5.25. The van der Waals surface area contributed by atoms with Crippen molar-refractivity contribution < 1.29 is 4.79 Å². The van der Waals surface area contributed by atoms with Crippen molar-refractivity contribution in [2.24, 2.45) is 0 Å². The predicted molar refractivity (Wildman–Crippen MR) is 79.1 cm³/mol. The van der Waals surface area contributed by atoms with E-state index in [1.807, 2.05) is 14.1 Å². The fraction of sp³-hybridized carbons (Fsp3) is 0.500. The van der Waals surface area contributed by atoms with Gasteiger partial charge in [-0.1, -0.05) is 29.3 Å². The summed E-state index contributed by atoms with van der Waals surface area (Å²) < 4.78 is 0. The lowest BCUT2D eigenvalue weighted by Gasteiger charge is -2.36. The van der Waals surface area contributed by atoms with Gasteiger partial charge in [-0.15, -0.1) is 0 Å². The van der Waals surface area contributed by atoms with Crippen molar-refractivity contribution in [3.8, 4) is 0 Å². The van der Waals surface area contributed by atoms with Crippen molar-refractivity contribution in [2.45, 2.75) is 12.5 Å². The molecule has 0 spiro atoms. The first-order chi connectivity index (χ1) is 8.99. The summed E-state index contributed by atoms with van der Waals surface area (Å²) in [5, 5.41) is 1.13. The molecule has 0 bridgehead atoms. The number of likely N-dealkylation sites (N-methyl/N-ethyl adjacent to an activating group) is 2. The first-order valence-corrected chi connectivity index (χ1v) is 7.09. The van der Waals surface area contributed by atoms with Crippen LogP contribution in [0, 0.1) is 0 Å². The Labute approximate surface area is 124 Å². The smallest absolute Gasteiger partial charge is 0.155 e. The maximum absolute atomic E-state index is 12.4. The Morgan fingerprint density at radius 2 is 1.89 bits per heavy atom. The minimum absolute atomic E-state index is 0.0777. The van der Waals surface area contributed by atoms with Crippen molar-refractivity contribution in [3.63, 3.8) is 0 Å². The molecule has 1 aliphatic heterocycles. The molecule has 2 rings (SSSR count). The Hall–Kier alpha value is -0.610. The van der Waals surface area contributed by atoms with Crippen molar-refractivity contribution in [3.05, 3.63) is 33.8 Å². The van der Waals surface area contributed by atoms with Crippen LogP contribution >= 0.6 is 23.2 Å². The standard InChI is InChI=1S/C14H18Cl2N2O/c1-17-6-7-18(2)13(9-17)14(19)8-10-11(15)4-3-5-12(10)16/h3-5,13H,6-9H2,1-2H3. The number of nitrogens with zero attached hydrogens (tertiary/aromatic N) is 2. The van der Waals surface area contributed by atoms with Crippen molar-refractivity contribution >= 4 is 29.0 Å². The summed E-state index contributed by atoms with van der Waals surface area (Å²) in [6.07, 6.45) is 0.293. The number of rotatable bonds is 3. The minimum Gasteiger partial charge on any atom is -0.303 e. The van der Waals surface area contributed by atoms with Gasteiger partial charge in [0.05, 0.1) is 6.04 Å². The molecule has 5 heteroatoms. The third kappa shape index (κ3) is 3.48. The summed E-state index contributed by atoms with van der Waals surface area (Å²) in [7, 11) is 4.03. The van der Waals surface area contributed by atoms with E-state index in [-0.39, 0.29) is 11.8 Å². The molecule has 3 nitrogen and oxygen atoms in total. The molecule has 1 atom stereocenters. The number of halogens is 2. The fourth-order valence-corrected chi connectivity index (χ4v) is 2.88. The largest absolute Gasteiger partial charge is 0.303 e. The molecule has 1 aromatic carbocycles. The SMILES string of the molecule is CN1CCN(C)C(C(=O)Cc2c(Cl)cccc2Cl)C1. The number of carbonyl (C=O) groups is 1. The van der Waals surface area contributed by atoms with Crippen molar-refractivity contribution in [1.29, 1.82) is 0 Å². The third-order valence-corrected chi connectivity index (χ3v) is 4.34. The second-order valence-electron chi connectivity index (χ2n) is 5.10. The van der Waals surface area contributed by atoms with Crippen molar-refractivity contribution in [2.75, 3.05) is 33.7 Å². The van der Waals surface area contributed by atoms with Crippen molar-refractivity contribution in [1.82, 2.24) is 9.80 Å². The first kappa shape index (κ1) is 14.8. The van der Waals surface area contributed by atoms with Gasteiger partial charge in [0.25, 0.3) is 0 Å². The minimum atomic E-state index is -0.0777. The van der Waals surface area contributed by atoms with Gasteiger partial charge in [0.2, 0.25) is 0 Å². The molecule has 1 unspecified atom stereocenters. The number of piperazine rings is 1. The Bertz CT molecular complexity index is 458. The molecule has 1 fully saturated rings. The van der Waals surface area contributed by atoms with Crippen LogP contribution in [0.3, 0.4) is 0 Å². The van der Waals surface area contributed by atoms with Gasteiger partial charge < -0.3 is 4.90 Å². The van der Waals surface area contributed by atoms with Gasteiger partial charge in [0.1, 0.15) is 0 Å². The second-order valence-corrected chi connectivity index (χ2v) is 5.92. The Balaban J connectivity index is 2.12. The molecular weight excluding hydrogens is 283 g/mol. The van der Waals surface area contributed by atoms with E-state index in [0.29, 0.717) is 16.5 Å². The number of benzene rings is 1. The maximum atomic E-state index is 12.4. The number of hydrogen-bond acceptors (Lipinski definition) is 3. The molecule has 1 saturated heterocycles. The van der Waals surface area contributed by atoms with Crippen LogP contribution in [0.2, 0.25) is 10.0 Å². The molecular formula is C14H18Cl2N2O. The lowest BCUT2D eigenvalue weighted by Crippen LogP contribution is -2.53. The monoisotopic (exact) mass is 300 g/mol. The Morgan fingerprint density at radius 1 is 1.26 bits per heavy atom. The van der Waals surface area contributed by atoms with Crippen LogP contribution in [0.1, 0.15) is 5.56 Å². The zero-order chi connectivity index (χ0) is 14.0. The number of ketones is 1. The van der Waals surface area contributed by atoms with Gasteiger partial charge in [-0.05, 0) is 31.8 Å². The quantitative estimate of drug-likeness (QED) is 0.856. The first-order valence-electron chi connectivity index (χ1n) is 6.33. The number of Topliss-reactive ketones (excluding diaryl/α,β-unsaturated/α-hetero) is 1. The molecule has 0 N–H and O–H groups in total. The van der Waals surface area contributed by atoms with E-state index < -0.39 is 0 Å². The van der Waals surface area contributed by atoms with Crippen LogP contribution in [-0.2, 0) is 11.2 Å². The highest BCUT2D eigenvalue weighted by Crippen LogP contribution is 2.25. The molecule has 1 aromatic rings. The van der Waals surface area contributed by atoms with Crippen LogP contribution in [-0.4, -0.2) is 55.4 Å². The normalized spacial score (nSPS) is 21.6. The van der Waals surface area contributed by atoms with Crippen LogP contribution in [0.25, 0.3) is 0 Å². The van der Waals surface area contributed by atoms with Gasteiger partial charge in [0.15, 0.2) is 5.78 Å². The maximum Gasteiger partial charge on any atom is 0.155 e. The zero-order valence-corrected chi connectivity index (χ0v) is 12.7. The molecule has 0 amide bonds. The topological polar surface area (TPSA) is 23.6 Å².